The molecule has 0 saturated carbocycles. The van der Waals surface area contributed by atoms with Gasteiger partial charge in [-0.15, -0.1) is 0 Å². The Morgan fingerprint density at radius 2 is 1.92 bits per heavy atom. The van der Waals surface area contributed by atoms with Crippen LogP contribution in [0.15, 0.2) is 36.4 Å². The van der Waals surface area contributed by atoms with E-state index in [1.54, 1.807) is 12.1 Å². The number of carboxylic acid groups (broad SMARTS) is 1. The molecule has 0 spiro atoms. The molecular weight excluding hydrogens is 309 g/mol. The number of carbonyl (C=O) groups is 1. The Hall–Kier alpha value is -2.95. The molecule has 0 aliphatic rings. The predicted molar refractivity (Wildman–Crippen MR) is 90.1 cm³/mol. The van der Waals surface area contributed by atoms with E-state index in [1.807, 2.05) is 19.9 Å². The van der Waals surface area contributed by atoms with Gasteiger partial charge in [-0.3, -0.25) is 0 Å². The Morgan fingerprint density at radius 1 is 1.17 bits per heavy atom. The van der Waals surface area contributed by atoms with Gasteiger partial charge in [-0.05, 0) is 49.2 Å². The number of aromatic nitrogens is 1. The highest BCUT2D eigenvalue weighted by Crippen LogP contribution is 2.30. The van der Waals surface area contributed by atoms with Gasteiger partial charge >= 0.3 is 5.97 Å². The van der Waals surface area contributed by atoms with Gasteiger partial charge in [0, 0.05) is 10.9 Å². The molecule has 0 radical (unpaired) electrons. The van der Waals surface area contributed by atoms with Gasteiger partial charge in [0.05, 0.1) is 23.9 Å². The van der Waals surface area contributed by atoms with Crippen molar-refractivity contribution in [3.8, 4) is 17.0 Å². The van der Waals surface area contributed by atoms with E-state index in [1.165, 1.54) is 25.3 Å². The van der Waals surface area contributed by atoms with Crippen LogP contribution >= 0.6 is 0 Å². The number of hydrogen-bond donors (Lipinski definition) is 1. The molecule has 0 bridgehead atoms. The van der Waals surface area contributed by atoms with Gasteiger partial charge in [-0.2, -0.15) is 0 Å². The minimum atomic E-state index is -1.04. The second-order valence-corrected chi connectivity index (χ2v) is 5.61. The monoisotopic (exact) mass is 325 g/mol. The first-order valence-electron chi connectivity index (χ1n) is 7.40. The number of pyridine rings is 1. The Kier molecular flexibility index (Phi) is 3.93. The Morgan fingerprint density at radius 3 is 2.54 bits per heavy atom. The van der Waals surface area contributed by atoms with E-state index >= 15 is 0 Å². The molecule has 0 unspecified atom stereocenters. The van der Waals surface area contributed by atoms with E-state index in [0.717, 1.165) is 11.1 Å². The Labute approximate surface area is 138 Å². The third-order valence-corrected chi connectivity index (χ3v) is 4.18. The molecule has 122 valence electrons. The molecule has 1 N–H and O–H groups in total. The Bertz CT molecular complexity index is 966. The SMILES string of the molecule is COc1ccc(-c2cc(C(=O)O)c3ccc(C)c(C)c3n2)cc1F. The molecule has 1 aromatic heterocycles. The maximum absolute atomic E-state index is 14.0. The second kappa shape index (κ2) is 5.92. The first-order valence-corrected chi connectivity index (χ1v) is 7.40. The summed E-state index contributed by atoms with van der Waals surface area (Å²) in [7, 11) is 1.39. The number of benzene rings is 2. The lowest BCUT2D eigenvalue weighted by Gasteiger charge is -2.11. The van der Waals surface area contributed by atoms with Crippen molar-refractivity contribution in [2.45, 2.75) is 13.8 Å². The topological polar surface area (TPSA) is 59.4 Å². The molecule has 0 atom stereocenters. The number of methoxy groups -OCH3 is 1. The molecule has 3 aromatic rings. The zero-order valence-electron chi connectivity index (χ0n) is 13.6. The molecule has 0 saturated heterocycles. The number of ether oxygens (including phenoxy) is 1. The summed E-state index contributed by atoms with van der Waals surface area (Å²) in [6.07, 6.45) is 0. The van der Waals surface area contributed by atoms with Crippen LogP contribution in [0.1, 0.15) is 21.5 Å². The summed E-state index contributed by atoms with van der Waals surface area (Å²) in [5.41, 5.74) is 3.60. The van der Waals surface area contributed by atoms with E-state index in [-0.39, 0.29) is 11.3 Å². The average molecular weight is 325 g/mol. The van der Waals surface area contributed by atoms with Crippen molar-refractivity contribution in [2.24, 2.45) is 0 Å². The number of aromatic carboxylic acids is 1. The van der Waals surface area contributed by atoms with Crippen LogP contribution in [-0.2, 0) is 0 Å². The van der Waals surface area contributed by atoms with Crippen LogP contribution in [-0.4, -0.2) is 23.2 Å². The number of nitrogens with zero attached hydrogens (tertiary/aromatic N) is 1. The zero-order chi connectivity index (χ0) is 17.4. The number of carboxylic acids is 1. The van der Waals surface area contributed by atoms with E-state index in [2.05, 4.69) is 4.98 Å². The molecule has 4 nitrogen and oxygen atoms in total. The van der Waals surface area contributed by atoms with Gasteiger partial charge in [0.2, 0.25) is 0 Å². The van der Waals surface area contributed by atoms with Gasteiger partial charge in [0.25, 0.3) is 0 Å². The van der Waals surface area contributed by atoms with Gasteiger partial charge in [0.15, 0.2) is 11.6 Å². The smallest absolute Gasteiger partial charge is 0.336 e. The molecule has 24 heavy (non-hydrogen) atoms. The first kappa shape index (κ1) is 15.9. The third-order valence-electron chi connectivity index (χ3n) is 4.18. The summed E-state index contributed by atoms with van der Waals surface area (Å²) >= 11 is 0. The van der Waals surface area contributed by atoms with Crippen LogP contribution in [0, 0.1) is 19.7 Å². The summed E-state index contributed by atoms with van der Waals surface area (Å²) in [6.45, 7) is 3.84. The van der Waals surface area contributed by atoms with Crippen LogP contribution in [0.5, 0.6) is 5.75 Å². The standard InChI is InChI=1S/C19H16FNO3/c1-10-4-6-13-14(19(22)23)9-16(21-18(13)11(10)2)12-5-7-17(24-3)15(20)8-12/h4-9H,1-3H3,(H,22,23). The predicted octanol–water partition coefficient (Wildman–Crippen LogP) is 4.36. The summed E-state index contributed by atoms with van der Waals surface area (Å²) in [6, 6.07) is 9.56. The fourth-order valence-corrected chi connectivity index (χ4v) is 2.68. The van der Waals surface area contributed by atoms with Crippen molar-refractivity contribution in [1.82, 2.24) is 4.98 Å². The number of rotatable bonds is 3. The first-order chi connectivity index (χ1) is 11.4. The van der Waals surface area contributed by atoms with Crippen LogP contribution < -0.4 is 4.74 Å². The third kappa shape index (κ3) is 2.58. The molecule has 3 rings (SSSR count). The molecule has 0 aliphatic heterocycles. The minimum absolute atomic E-state index is 0.130. The summed E-state index contributed by atoms with van der Waals surface area (Å²) in [5.74, 6) is -1.43. The van der Waals surface area contributed by atoms with Crippen molar-refractivity contribution >= 4 is 16.9 Å². The molecule has 1 heterocycles. The second-order valence-electron chi connectivity index (χ2n) is 5.61. The lowest BCUT2D eigenvalue weighted by molar-refractivity contribution is 0.0699. The molecular formula is C19H16FNO3. The van der Waals surface area contributed by atoms with E-state index < -0.39 is 11.8 Å². The minimum Gasteiger partial charge on any atom is -0.494 e. The normalized spacial score (nSPS) is 10.8. The highest BCUT2D eigenvalue weighted by molar-refractivity contribution is 6.04. The van der Waals surface area contributed by atoms with Gasteiger partial charge in [-0.25, -0.2) is 14.2 Å². The molecule has 2 aromatic carbocycles. The largest absolute Gasteiger partial charge is 0.494 e. The number of hydrogen-bond acceptors (Lipinski definition) is 3. The fourth-order valence-electron chi connectivity index (χ4n) is 2.68. The summed E-state index contributed by atoms with van der Waals surface area (Å²) in [5, 5.41) is 10.1. The highest BCUT2D eigenvalue weighted by atomic mass is 19.1. The highest BCUT2D eigenvalue weighted by Gasteiger charge is 2.16. The van der Waals surface area contributed by atoms with Gasteiger partial charge in [-0.1, -0.05) is 12.1 Å². The van der Waals surface area contributed by atoms with E-state index in [0.29, 0.717) is 22.2 Å². The number of fused-ring (bicyclic) bond motifs is 1. The van der Waals surface area contributed by atoms with Gasteiger partial charge < -0.3 is 9.84 Å². The van der Waals surface area contributed by atoms with E-state index in [9.17, 15) is 14.3 Å². The van der Waals surface area contributed by atoms with Crippen molar-refractivity contribution in [1.29, 1.82) is 0 Å². The van der Waals surface area contributed by atoms with Crippen LogP contribution in [0.4, 0.5) is 4.39 Å². The van der Waals surface area contributed by atoms with E-state index in [4.69, 9.17) is 4.74 Å². The molecule has 5 heteroatoms. The maximum atomic E-state index is 14.0. The fraction of sp³-hybridized carbons (Fsp3) is 0.158. The number of halogens is 1. The average Bonchev–Trinajstić information content (AvgIpc) is 2.57. The van der Waals surface area contributed by atoms with Crippen molar-refractivity contribution in [3.05, 3.63) is 58.9 Å². The van der Waals surface area contributed by atoms with Crippen molar-refractivity contribution in [2.75, 3.05) is 7.11 Å². The quantitative estimate of drug-likeness (QED) is 0.777. The zero-order valence-corrected chi connectivity index (χ0v) is 13.6. The van der Waals surface area contributed by atoms with Crippen molar-refractivity contribution in [3.63, 3.8) is 0 Å². The maximum Gasteiger partial charge on any atom is 0.336 e. The number of aryl methyl sites for hydroxylation is 2. The van der Waals surface area contributed by atoms with Crippen molar-refractivity contribution < 1.29 is 19.0 Å². The van der Waals surface area contributed by atoms with Crippen LogP contribution in [0.25, 0.3) is 22.2 Å². The summed E-state index contributed by atoms with van der Waals surface area (Å²) in [4.78, 5) is 16.2. The molecule has 0 fully saturated rings. The molecule has 0 amide bonds. The Balaban J connectivity index is 2.31. The van der Waals surface area contributed by atoms with Crippen LogP contribution in [0.3, 0.4) is 0 Å². The lowest BCUT2D eigenvalue weighted by atomic mass is 9.99. The molecule has 0 aliphatic carbocycles. The lowest BCUT2D eigenvalue weighted by Crippen LogP contribution is -2.02. The summed E-state index contributed by atoms with van der Waals surface area (Å²) < 4.78 is 18.9. The van der Waals surface area contributed by atoms with Gasteiger partial charge in [0.1, 0.15) is 0 Å². The van der Waals surface area contributed by atoms with Crippen LogP contribution in [0.2, 0.25) is 0 Å².